The van der Waals surface area contributed by atoms with Gasteiger partial charge in [-0.15, -0.1) is 10.2 Å². The molecule has 0 saturated carbocycles. The molecule has 0 aliphatic carbocycles. The first-order chi connectivity index (χ1) is 17.0. The average molecular weight is 469 g/mol. The summed E-state index contributed by atoms with van der Waals surface area (Å²) in [6.07, 6.45) is 8.68. The Kier molecular flexibility index (Phi) is 6.13. The molecule has 0 aliphatic heterocycles. The first-order valence-electron chi connectivity index (χ1n) is 11.8. The van der Waals surface area contributed by atoms with E-state index in [1.165, 1.54) is 0 Å². The van der Waals surface area contributed by atoms with E-state index in [-0.39, 0.29) is 5.69 Å². The van der Waals surface area contributed by atoms with E-state index in [9.17, 15) is 4.79 Å². The van der Waals surface area contributed by atoms with E-state index in [0.29, 0.717) is 12.4 Å². The molecule has 0 fully saturated rings. The van der Waals surface area contributed by atoms with E-state index in [0.717, 1.165) is 58.7 Å². The van der Waals surface area contributed by atoms with Gasteiger partial charge >= 0.3 is 5.69 Å². The van der Waals surface area contributed by atoms with Gasteiger partial charge in [0.15, 0.2) is 0 Å². The number of hydrogen-bond acceptors (Lipinski definition) is 5. The second-order valence-electron chi connectivity index (χ2n) is 8.75. The molecule has 0 aliphatic rings. The molecule has 1 aromatic carbocycles. The minimum atomic E-state index is -0.0488. The molecule has 0 amide bonds. The lowest BCUT2D eigenvalue weighted by Gasteiger charge is -2.09. The van der Waals surface area contributed by atoms with Gasteiger partial charge in [-0.25, -0.2) is 4.79 Å². The summed E-state index contributed by atoms with van der Waals surface area (Å²) in [4.78, 5) is 18.1. The van der Waals surface area contributed by atoms with Crippen molar-refractivity contribution >= 4 is 0 Å². The normalized spacial score (nSPS) is 11.3. The minimum Gasteiger partial charge on any atom is -0.337 e. The third kappa shape index (κ3) is 4.44. The van der Waals surface area contributed by atoms with Gasteiger partial charge in [0.05, 0.1) is 12.2 Å². The third-order valence-corrected chi connectivity index (χ3v) is 6.25. The molecule has 4 aromatic heterocycles. The van der Waals surface area contributed by atoms with Crippen LogP contribution in [0.1, 0.15) is 36.7 Å². The summed E-state index contributed by atoms with van der Waals surface area (Å²) < 4.78 is 5.60. The Balaban J connectivity index is 1.51. The van der Waals surface area contributed by atoms with Crippen molar-refractivity contribution in [2.75, 3.05) is 0 Å². The van der Waals surface area contributed by atoms with E-state index in [1.54, 1.807) is 10.8 Å². The van der Waals surface area contributed by atoms with Crippen LogP contribution in [0.15, 0.2) is 65.8 Å². The summed E-state index contributed by atoms with van der Waals surface area (Å²) in [5.74, 6) is 1.44. The molecule has 35 heavy (non-hydrogen) atoms. The number of aromatic nitrogens is 8. The highest BCUT2D eigenvalue weighted by atomic mass is 16.1. The zero-order valence-corrected chi connectivity index (χ0v) is 20.1. The van der Waals surface area contributed by atoms with Gasteiger partial charge in [-0.3, -0.25) is 14.1 Å². The molecule has 1 N–H and O–H groups in total. The number of benzene rings is 1. The number of aromatic amines is 1. The Morgan fingerprint density at radius 3 is 2.63 bits per heavy atom. The van der Waals surface area contributed by atoms with Gasteiger partial charge in [0.2, 0.25) is 5.82 Å². The number of rotatable bonds is 8. The summed E-state index contributed by atoms with van der Waals surface area (Å²) in [5, 5.41) is 14.3. The van der Waals surface area contributed by atoms with Crippen molar-refractivity contribution in [1.29, 1.82) is 0 Å². The minimum absolute atomic E-state index is 0.0488. The zero-order chi connectivity index (χ0) is 24.4. The van der Waals surface area contributed by atoms with E-state index in [4.69, 9.17) is 0 Å². The Labute approximate surface area is 203 Å². The van der Waals surface area contributed by atoms with E-state index in [1.807, 2.05) is 78.0 Å². The lowest BCUT2D eigenvalue weighted by Crippen LogP contribution is -2.26. The maximum Gasteiger partial charge on any atom is 0.334 e. The highest BCUT2D eigenvalue weighted by molar-refractivity contribution is 5.70. The van der Waals surface area contributed by atoms with E-state index < -0.39 is 0 Å². The van der Waals surface area contributed by atoms with Crippen LogP contribution in [0.4, 0.5) is 0 Å². The fourth-order valence-electron chi connectivity index (χ4n) is 4.44. The largest absolute Gasteiger partial charge is 0.337 e. The van der Waals surface area contributed by atoms with Crippen LogP contribution in [0.3, 0.4) is 0 Å². The molecule has 5 aromatic rings. The molecule has 178 valence electrons. The average Bonchev–Trinajstić information content (AvgIpc) is 3.60. The van der Waals surface area contributed by atoms with Crippen LogP contribution in [-0.2, 0) is 20.0 Å². The van der Waals surface area contributed by atoms with E-state index in [2.05, 4.69) is 32.5 Å². The lowest BCUT2D eigenvalue weighted by atomic mass is 10.0. The number of nitrogens with one attached hydrogen (secondary N) is 1. The Morgan fingerprint density at radius 2 is 1.89 bits per heavy atom. The fraction of sp³-hybridized carbons (Fsp3) is 0.269. The molecule has 4 heterocycles. The Morgan fingerprint density at radius 1 is 1.06 bits per heavy atom. The predicted octanol–water partition coefficient (Wildman–Crippen LogP) is 3.92. The number of H-pyrrole nitrogens is 1. The lowest BCUT2D eigenvalue weighted by molar-refractivity contribution is 0.661. The predicted molar refractivity (Wildman–Crippen MR) is 134 cm³/mol. The number of hydrogen-bond donors (Lipinski definition) is 1. The van der Waals surface area contributed by atoms with Crippen LogP contribution in [0.5, 0.6) is 0 Å². The van der Waals surface area contributed by atoms with Gasteiger partial charge in [0.1, 0.15) is 5.82 Å². The van der Waals surface area contributed by atoms with Crippen molar-refractivity contribution in [2.45, 2.75) is 39.7 Å². The van der Waals surface area contributed by atoms with Gasteiger partial charge in [-0.2, -0.15) is 5.21 Å². The number of imidazole rings is 1. The molecule has 0 spiro atoms. The molecule has 0 atom stereocenters. The second kappa shape index (κ2) is 9.54. The van der Waals surface area contributed by atoms with Crippen LogP contribution in [0, 0.1) is 6.92 Å². The monoisotopic (exact) mass is 468 g/mol. The summed E-state index contributed by atoms with van der Waals surface area (Å²) in [6.45, 7) is 4.60. The van der Waals surface area contributed by atoms with Crippen molar-refractivity contribution in [3.05, 3.63) is 88.5 Å². The number of unbranched alkanes of at least 4 members (excludes halogenated alkanes) is 1. The molecule has 0 radical (unpaired) electrons. The second-order valence-corrected chi connectivity index (χ2v) is 8.75. The molecule has 9 nitrogen and oxygen atoms in total. The maximum absolute atomic E-state index is 13.6. The Bertz CT molecular complexity index is 1490. The van der Waals surface area contributed by atoms with Crippen molar-refractivity contribution in [3.63, 3.8) is 0 Å². The SMILES string of the molecule is CCCCc1cn(-c2c(C)ccn2C)c(=O)n1Cc1cc(-c2cccc(-c3nn[nH]n3)c2)ccn1. The van der Waals surface area contributed by atoms with Crippen LogP contribution in [-0.4, -0.2) is 39.3 Å². The molecular formula is C26H28N8O. The van der Waals surface area contributed by atoms with Crippen LogP contribution < -0.4 is 5.69 Å². The van der Waals surface area contributed by atoms with E-state index >= 15 is 0 Å². The molecule has 9 heteroatoms. The highest BCUT2D eigenvalue weighted by Crippen LogP contribution is 2.25. The molecule has 0 unspecified atom stereocenters. The molecule has 0 saturated heterocycles. The highest BCUT2D eigenvalue weighted by Gasteiger charge is 2.17. The molecular weight excluding hydrogens is 440 g/mol. The standard InChI is InChI=1S/C26H28N8O/c1-4-5-9-23-17-34(25-18(2)11-13-32(25)3)26(35)33(23)16-22-15-20(10-12-27-22)19-7-6-8-21(14-19)24-28-30-31-29-24/h6-8,10-15,17H,4-5,9,16H2,1-3H3,(H,28,29,30,31). The quantitative estimate of drug-likeness (QED) is 0.372. The molecule has 0 bridgehead atoms. The van der Waals surface area contributed by atoms with Crippen LogP contribution >= 0.6 is 0 Å². The summed E-state index contributed by atoms with van der Waals surface area (Å²) in [6, 6.07) is 14.0. The van der Waals surface area contributed by atoms with Gasteiger partial charge < -0.3 is 4.57 Å². The number of tetrazole rings is 1. The first-order valence-corrected chi connectivity index (χ1v) is 11.8. The van der Waals surface area contributed by atoms with Gasteiger partial charge in [-0.05, 0) is 65.9 Å². The van der Waals surface area contributed by atoms with Gasteiger partial charge in [-0.1, -0.05) is 31.5 Å². The topological polar surface area (TPSA) is 99.2 Å². The zero-order valence-electron chi connectivity index (χ0n) is 20.1. The summed E-state index contributed by atoms with van der Waals surface area (Å²) in [7, 11) is 1.96. The van der Waals surface area contributed by atoms with Crippen LogP contribution in [0.25, 0.3) is 28.3 Å². The Hall–Kier alpha value is -4.27. The number of nitrogens with zero attached hydrogens (tertiary/aromatic N) is 7. The van der Waals surface area contributed by atoms with Crippen molar-refractivity contribution in [3.8, 4) is 28.3 Å². The van der Waals surface area contributed by atoms with Gasteiger partial charge in [0.25, 0.3) is 0 Å². The van der Waals surface area contributed by atoms with Crippen molar-refractivity contribution in [1.82, 2.24) is 39.3 Å². The number of pyridine rings is 1. The molecule has 5 rings (SSSR count). The first kappa shape index (κ1) is 22.5. The van der Waals surface area contributed by atoms with Crippen molar-refractivity contribution in [2.24, 2.45) is 7.05 Å². The summed E-state index contributed by atoms with van der Waals surface area (Å²) >= 11 is 0. The third-order valence-electron chi connectivity index (χ3n) is 6.25. The maximum atomic E-state index is 13.6. The summed E-state index contributed by atoms with van der Waals surface area (Å²) in [5.41, 5.74) is 5.77. The van der Waals surface area contributed by atoms with Crippen molar-refractivity contribution < 1.29 is 0 Å². The number of aryl methyl sites for hydroxylation is 3. The smallest absolute Gasteiger partial charge is 0.334 e. The fourth-order valence-corrected chi connectivity index (χ4v) is 4.44. The van der Waals surface area contributed by atoms with Gasteiger partial charge in [0, 0.05) is 36.9 Å². The van der Waals surface area contributed by atoms with Crippen LogP contribution in [0.2, 0.25) is 0 Å².